The Morgan fingerprint density at radius 3 is 1.83 bits per heavy atom. The van der Waals surface area contributed by atoms with E-state index in [1.807, 2.05) is 14.1 Å². The third-order valence-electron chi connectivity index (χ3n) is 2.67. The number of ether oxygens (including phenoxy) is 3. The molecule has 0 bridgehead atoms. The van der Waals surface area contributed by atoms with Crippen LogP contribution in [0.25, 0.3) is 0 Å². The molecule has 0 amide bonds. The van der Waals surface area contributed by atoms with Crippen molar-refractivity contribution in [2.24, 2.45) is 0 Å². The van der Waals surface area contributed by atoms with E-state index >= 15 is 0 Å². The zero-order chi connectivity index (χ0) is 13.7. The molecule has 0 radical (unpaired) electrons. The summed E-state index contributed by atoms with van der Waals surface area (Å²) in [6.45, 7) is 0. The fraction of sp³-hybridized carbons (Fsp3) is 0.462. The van der Waals surface area contributed by atoms with Crippen LogP contribution in [0.3, 0.4) is 0 Å². The summed E-state index contributed by atoms with van der Waals surface area (Å²) >= 11 is 0. The van der Waals surface area contributed by atoms with Crippen molar-refractivity contribution in [2.75, 3.05) is 35.4 Å². The van der Waals surface area contributed by atoms with Gasteiger partial charge in [0, 0.05) is 12.1 Å². The second-order valence-electron chi connectivity index (χ2n) is 3.94. The van der Waals surface area contributed by atoms with Gasteiger partial charge in [0.2, 0.25) is 0 Å². The van der Waals surface area contributed by atoms with Gasteiger partial charge < -0.3 is 14.2 Å². The third kappa shape index (κ3) is 2.66. The molecule has 0 aromatic heterocycles. The first-order chi connectivity index (χ1) is 8.58. The van der Waals surface area contributed by atoms with E-state index in [1.165, 1.54) is 0 Å². The molecule has 0 fully saturated rings. The first-order valence-corrected chi connectivity index (χ1v) is 5.45. The van der Waals surface area contributed by atoms with Crippen LogP contribution in [0.15, 0.2) is 12.1 Å². The molecule has 1 aromatic carbocycles. The summed E-state index contributed by atoms with van der Waals surface area (Å²) < 4.78 is 15.8. The van der Waals surface area contributed by atoms with Gasteiger partial charge in [0.15, 0.2) is 0 Å². The van der Waals surface area contributed by atoms with Crippen LogP contribution in [-0.2, 0) is 0 Å². The Morgan fingerprint density at radius 1 is 1.06 bits per heavy atom. The standard InChI is InChI=1S/C13H18N2O3/c1-15(2)10(8-14)13-11(17-4)6-9(16-3)7-12(13)18-5/h6-7,10H,1-5H3. The van der Waals surface area contributed by atoms with Gasteiger partial charge in [-0.1, -0.05) is 0 Å². The van der Waals surface area contributed by atoms with Gasteiger partial charge in [0.1, 0.15) is 23.3 Å². The summed E-state index contributed by atoms with van der Waals surface area (Å²) in [5.41, 5.74) is 0.702. The zero-order valence-electron chi connectivity index (χ0n) is 11.4. The zero-order valence-corrected chi connectivity index (χ0v) is 11.4. The predicted octanol–water partition coefficient (Wildman–Crippen LogP) is 1.84. The molecule has 0 saturated carbocycles. The number of nitriles is 1. The van der Waals surface area contributed by atoms with E-state index < -0.39 is 6.04 Å². The number of rotatable bonds is 5. The van der Waals surface area contributed by atoms with Gasteiger partial charge in [-0.05, 0) is 14.1 Å². The van der Waals surface area contributed by atoms with Gasteiger partial charge in [0.05, 0.1) is 33.0 Å². The second kappa shape index (κ2) is 6.12. The van der Waals surface area contributed by atoms with Crippen LogP contribution in [0, 0.1) is 11.3 Å². The highest BCUT2D eigenvalue weighted by atomic mass is 16.5. The quantitative estimate of drug-likeness (QED) is 0.798. The summed E-state index contributed by atoms with van der Waals surface area (Å²) in [5.74, 6) is 1.78. The van der Waals surface area contributed by atoms with Crippen LogP contribution in [0.4, 0.5) is 0 Å². The normalized spacial score (nSPS) is 11.8. The number of benzene rings is 1. The molecular formula is C13H18N2O3. The lowest BCUT2D eigenvalue weighted by Gasteiger charge is -2.22. The highest BCUT2D eigenvalue weighted by Crippen LogP contribution is 2.39. The van der Waals surface area contributed by atoms with Gasteiger partial charge in [0.25, 0.3) is 0 Å². The Kier molecular flexibility index (Phi) is 4.81. The van der Waals surface area contributed by atoms with Crippen LogP contribution in [0.2, 0.25) is 0 Å². The van der Waals surface area contributed by atoms with E-state index in [0.29, 0.717) is 22.8 Å². The van der Waals surface area contributed by atoms with Crippen molar-refractivity contribution in [1.82, 2.24) is 4.90 Å². The van der Waals surface area contributed by atoms with E-state index in [4.69, 9.17) is 14.2 Å². The Bertz CT molecular complexity index is 427. The highest BCUT2D eigenvalue weighted by molar-refractivity contribution is 5.53. The minimum absolute atomic E-state index is 0.444. The number of nitrogens with zero attached hydrogens (tertiary/aromatic N) is 2. The number of hydrogen-bond acceptors (Lipinski definition) is 5. The fourth-order valence-electron chi connectivity index (χ4n) is 1.74. The predicted molar refractivity (Wildman–Crippen MR) is 68.1 cm³/mol. The monoisotopic (exact) mass is 250 g/mol. The van der Waals surface area contributed by atoms with Crippen LogP contribution in [0.1, 0.15) is 11.6 Å². The summed E-state index contributed by atoms with van der Waals surface area (Å²) in [4.78, 5) is 1.80. The SMILES string of the molecule is COc1cc(OC)c(C(C#N)N(C)C)c(OC)c1. The molecule has 1 unspecified atom stereocenters. The van der Waals surface area contributed by atoms with Crippen LogP contribution < -0.4 is 14.2 Å². The molecule has 0 heterocycles. The molecule has 0 N–H and O–H groups in total. The molecule has 98 valence electrons. The van der Waals surface area contributed by atoms with E-state index in [1.54, 1.807) is 38.4 Å². The first-order valence-electron chi connectivity index (χ1n) is 5.45. The van der Waals surface area contributed by atoms with Crippen LogP contribution in [0.5, 0.6) is 17.2 Å². The highest BCUT2D eigenvalue weighted by Gasteiger charge is 2.23. The van der Waals surface area contributed by atoms with Crippen molar-refractivity contribution in [3.8, 4) is 23.3 Å². The minimum Gasteiger partial charge on any atom is -0.496 e. The lowest BCUT2D eigenvalue weighted by molar-refractivity contribution is 0.318. The Morgan fingerprint density at radius 2 is 1.56 bits per heavy atom. The Balaban J connectivity index is 3.44. The molecule has 1 atom stereocenters. The van der Waals surface area contributed by atoms with Gasteiger partial charge >= 0.3 is 0 Å². The van der Waals surface area contributed by atoms with Crippen LogP contribution in [-0.4, -0.2) is 40.3 Å². The minimum atomic E-state index is -0.444. The van der Waals surface area contributed by atoms with Gasteiger partial charge in [-0.2, -0.15) is 5.26 Å². The average molecular weight is 250 g/mol. The molecular weight excluding hydrogens is 232 g/mol. The average Bonchev–Trinajstić information content (AvgIpc) is 2.38. The lowest BCUT2D eigenvalue weighted by atomic mass is 10.0. The Labute approximate surface area is 107 Å². The van der Waals surface area contributed by atoms with Gasteiger partial charge in [-0.15, -0.1) is 0 Å². The first kappa shape index (κ1) is 14.1. The van der Waals surface area contributed by atoms with E-state index in [0.717, 1.165) is 0 Å². The molecule has 0 aliphatic rings. The summed E-state index contributed by atoms with van der Waals surface area (Å²) in [6, 6.07) is 5.27. The summed E-state index contributed by atoms with van der Waals surface area (Å²) in [6.07, 6.45) is 0. The molecule has 0 aliphatic heterocycles. The Hall–Kier alpha value is -1.93. The summed E-state index contributed by atoms with van der Waals surface area (Å²) in [7, 11) is 8.35. The topological polar surface area (TPSA) is 54.7 Å². The maximum absolute atomic E-state index is 9.28. The molecule has 0 spiro atoms. The van der Waals surface area contributed by atoms with Crippen molar-refractivity contribution >= 4 is 0 Å². The molecule has 5 nitrogen and oxygen atoms in total. The van der Waals surface area contributed by atoms with E-state index in [-0.39, 0.29) is 0 Å². The maximum Gasteiger partial charge on any atom is 0.132 e. The summed E-state index contributed by atoms with van der Waals surface area (Å²) in [5, 5.41) is 9.28. The molecule has 1 aromatic rings. The van der Waals surface area contributed by atoms with E-state index in [9.17, 15) is 5.26 Å². The van der Waals surface area contributed by atoms with Crippen molar-refractivity contribution < 1.29 is 14.2 Å². The molecule has 0 saturated heterocycles. The van der Waals surface area contributed by atoms with Crippen molar-refractivity contribution in [2.45, 2.75) is 6.04 Å². The molecule has 5 heteroatoms. The van der Waals surface area contributed by atoms with Crippen LogP contribution >= 0.6 is 0 Å². The van der Waals surface area contributed by atoms with Crippen molar-refractivity contribution in [3.63, 3.8) is 0 Å². The number of methoxy groups -OCH3 is 3. The second-order valence-corrected chi connectivity index (χ2v) is 3.94. The van der Waals surface area contributed by atoms with Gasteiger partial charge in [-0.25, -0.2) is 0 Å². The van der Waals surface area contributed by atoms with E-state index in [2.05, 4.69) is 6.07 Å². The lowest BCUT2D eigenvalue weighted by Crippen LogP contribution is -2.19. The molecule has 18 heavy (non-hydrogen) atoms. The van der Waals surface area contributed by atoms with Gasteiger partial charge in [-0.3, -0.25) is 4.90 Å². The number of hydrogen-bond donors (Lipinski definition) is 0. The van der Waals surface area contributed by atoms with Crippen molar-refractivity contribution in [1.29, 1.82) is 5.26 Å². The molecule has 0 aliphatic carbocycles. The third-order valence-corrected chi connectivity index (χ3v) is 2.67. The molecule has 1 rings (SSSR count). The maximum atomic E-state index is 9.28. The largest absolute Gasteiger partial charge is 0.496 e. The van der Waals surface area contributed by atoms with Crippen molar-refractivity contribution in [3.05, 3.63) is 17.7 Å². The fourth-order valence-corrected chi connectivity index (χ4v) is 1.74. The smallest absolute Gasteiger partial charge is 0.132 e.